The molecule has 0 aliphatic carbocycles. The highest BCUT2D eigenvalue weighted by Crippen LogP contribution is 2.26. The Kier molecular flexibility index (Phi) is 4.52. The number of hydrogen-bond donors (Lipinski definition) is 1. The Hall–Kier alpha value is -3.15. The number of aryl methyl sites for hydroxylation is 2. The summed E-state index contributed by atoms with van der Waals surface area (Å²) in [5, 5.41) is 8.81. The van der Waals surface area contributed by atoms with Crippen molar-refractivity contribution in [3.8, 4) is 5.75 Å². The molecule has 25 heavy (non-hydrogen) atoms. The van der Waals surface area contributed by atoms with Gasteiger partial charge in [-0.2, -0.15) is 5.10 Å². The number of fused-ring (bicyclic) bond motifs is 1. The fraction of sp³-hybridized carbons (Fsp3) is 0.211. The average Bonchev–Trinajstić information content (AvgIpc) is 2.85. The van der Waals surface area contributed by atoms with Gasteiger partial charge >= 0.3 is 0 Å². The molecule has 2 aromatic carbocycles. The molecule has 0 unspecified atom stereocenters. The van der Waals surface area contributed by atoms with Crippen LogP contribution in [0.15, 0.2) is 36.4 Å². The molecule has 1 amide bonds. The minimum atomic E-state index is -0.302. The van der Waals surface area contributed by atoms with Gasteiger partial charge in [-0.05, 0) is 30.7 Å². The highest BCUT2D eigenvalue weighted by molar-refractivity contribution is 6.01. The Morgan fingerprint density at radius 3 is 2.68 bits per heavy atom. The van der Waals surface area contributed by atoms with E-state index in [4.69, 9.17) is 4.74 Å². The maximum absolute atomic E-state index is 12.2. The van der Waals surface area contributed by atoms with Crippen molar-refractivity contribution in [2.75, 3.05) is 11.9 Å². The minimum absolute atomic E-state index is 0.188. The molecule has 0 aliphatic rings. The quantitative estimate of drug-likeness (QED) is 0.726. The molecule has 1 heterocycles. The Balaban J connectivity index is 1.76. The minimum Gasteiger partial charge on any atom is -0.483 e. The monoisotopic (exact) mass is 337 g/mol. The van der Waals surface area contributed by atoms with E-state index in [-0.39, 0.29) is 12.5 Å². The molecule has 0 bridgehead atoms. The van der Waals surface area contributed by atoms with Crippen LogP contribution < -0.4 is 10.1 Å². The lowest BCUT2D eigenvalue weighted by Crippen LogP contribution is -2.21. The molecule has 6 nitrogen and oxygen atoms in total. The van der Waals surface area contributed by atoms with Gasteiger partial charge < -0.3 is 10.1 Å². The first-order valence-corrected chi connectivity index (χ1v) is 7.91. The molecule has 0 atom stereocenters. The zero-order valence-corrected chi connectivity index (χ0v) is 14.4. The van der Waals surface area contributed by atoms with E-state index >= 15 is 0 Å². The van der Waals surface area contributed by atoms with Crippen LogP contribution in [0.25, 0.3) is 10.8 Å². The van der Waals surface area contributed by atoms with Crippen LogP contribution in [0.1, 0.15) is 21.7 Å². The van der Waals surface area contributed by atoms with Gasteiger partial charge in [-0.1, -0.05) is 30.3 Å². The second kappa shape index (κ2) is 6.76. The van der Waals surface area contributed by atoms with Gasteiger partial charge in [0.2, 0.25) is 0 Å². The Morgan fingerprint density at radius 1 is 1.24 bits per heavy atom. The Bertz CT molecular complexity index is 960. The van der Waals surface area contributed by atoms with Crippen molar-refractivity contribution in [1.29, 1.82) is 0 Å². The molecule has 0 aliphatic heterocycles. The van der Waals surface area contributed by atoms with Gasteiger partial charge in [0.25, 0.3) is 5.91 Å². The smallest absolute Gasteiger partial charge is 0.262 e. The van der Waals surface area contributed by atoms with Crippen molar-refractivity contribution < 1.29 is 14.3 Å². The molecule has 3 rings (SSSR count). The van der Waals surface area contributed by atoms with Gasteiger partial charge in [-0.15, -0.1) is 0 Å². The molecule has 0 saturated heterocycles. The zero-order valence-electron chi connectivity index (χ0n) is 14.4. The van der Waals surface area contributed by atoms with Crippen molar-refractivity contribution in [1.82, 2.24) is 9.78 Å². The molecule has 128 valence electrons. The van der Waals surface area contributed by atoms with E-state index < -0.39 is 0 Å². The Labute approximate surface area is 145 Å². The highest BCUT2D eigenvalue weighted by atomic mass is 16.5. The predicted octanol–water partition coefficient (Wildman–Crippen LogP) is 3.02. The first kappa shape index (κ1) is 16.7. The third kappa shape index (κ3) is 3.24. The summed E-state index contributed by atoms with van der Waals surface area (Å²) < 4.78 is 7.29. The number of benzene rings is 2. The summed E-state index contributed by atoms with van der Waals surface area (Å²) in [5.41, 5.74) is 2.74. The molecular formula is C19H19N3O3. The van der Waals surface area contributed by atoms with Gasteiger partial charge in [-0.3, -0.25) is 14.3 Å². The number of nitrogens with one attached hydrogen (secondary N) is 1. The number of ether oxygens (including phenoxy) is 1. The second-order valence-electron chi connectivity index (χ2n) is 5.82. The summed E-state index contributed by atoms with van der Waals surface area (Å²) >= 11 is 0. The van der Waals surface area contributed by atoms with E-state index in [0.29, 0.717) is 17.0 Å². The average molecular weight is 337 g/mol. The number of anilines is 1. The van der Waals surface area contributed by atoms with Crippen molar-refractivity contribution in [2.24, 2.45) is 7.05 Å². The van der Waals surface area contributed by atoms with Crippen LogP contribution >= 0.6 is 0 Å². The summed E-state index contributed by atoms with van der Waals surface area (Å²) in [6, 6.07) is 11.1. The van der Waals surface area contributed by atoms with E-state index in [9.17, 15) is 9.59 Å². The predicted molar refractivity (Wildman–Crippen MR) is 96.1 cm³/mol. The summed E-state index contributed by atoms with van der Waals surface area (Å²) in [7, 11) is 1.82. The Morgan fingerprint density at radius 2 is 2.00 bits per heavy atom. The molecular weight excluding hydrogens is 318 g/mol. The van der Waals surface area contributed by atoms with Crippen molar-refractivity contribution in [3.05, 3.63) is 53.3 Å². The van der Waals surface area contributed by atoms with Gasteiger partial charge in [0.05, 0.1) is 22.6 Å². The van der Waals surface area contributed by atoms with Crippen LogP contribution in [0.5, 0.6) is 5.75 Å². The van der Waals surface area contributed by atoms with Crippen LogP contribution in [-0.4, -0.2) is 28.6 Å². The van der Waals surface area contributed by atoms with Crippen LogP contribution in [-0.2, 0) is 11.8 Å². The van der Waals surface area contributed by atoms with Crippen molar-refractivity contribution in [2.45, 2.75) is 13.8 Å². The molecule has 3 aromatic rings. The van der Waals surface area contributed by atoms with Gasteiger partial charge in [0.15, 0.2) is 12.9 Å². The number of carbonyl (C=O) groups excluding carboxylic acids is 2. The number of carbonyl (C=O) groups is 2. The van der Waals surface area contributed by atoms with E-state index in [1.165, 1.54) is 0 Å². The molecule has 0 saturated carbocycles. The third-order valence-electron chi connectivity index (χ3n) is 4.18. The molecule has 0 fully saturated rings. The summed E-state index contributed by atoms with van der Waals surface area (Å²) in [6.45, 7) is 3.52. The van der Waals surface area contributed by atoms with E-state index in [1.807, 2.05) is 51.2 Å². The number of aromatic nitrogens is 2. The summed E-state index contributed by atoms with van der Waals surface area (Å²) in [6.07, 6.45) is 0.755. The van der Waals surface area contributed by atoms with Crippen LogP contribution in [0.3, 0.4) is 0 Å². The number of amides is 1. The lowest BCUT2D eigenvalue weighted by Gasteiger charge is -2.11. The SMILES string of the molecule is Cc1nn(C)c(C)c1NC(=O)COc1ccc2ccccc2c1C=O. The van der Waals surface area contributed by atoms with Crippen LogP contribution in [0, 0.1) is 13.8 Å². The van der Waals surface area contributed by atoms with Gasteiger partial charge in [0.1, 0.15) is 5.75 Å². The van der Waals surface area contributed by atoms with Crippen molar-refractivity contribution >= 4 is 28.7 Å². The van der Waals surface area contributed by atoms with E-state index in [2.05, 4.69) is 10.4 Å². The topological polar surface area (TPSA) is 73.2 Å². The lowest BCUT2D eigenvalue weighted by molar-refractivity contribution is -0.118. The highest BCUT2D eigenvalue weighted by Gasteiger charge is 2.14. The standard InChI is InChI=1S/C19H19N3O3/c1-12-19(13(2)22(3)21-12)20-18(24)11-25-17-9-8-14-6-4-5-7-15(14)16(17)10-23/h4-10H,11H2,1-3H3,(H,20,24). The third-order valence-corrected chi connectivity index (χ3v) is 4.18. The number of aldehydes is 1. The normalized spacial score (nSPS) is 10.7. The molecule has 0 spiro atoms. The maximum Gasteiger partial charge on any atom is 0.262 e. The first-order valence-electron chi connectivity index (χ1n) is 7.91. The van der Waals surface area contributed by atoms with Gasteiger partial charge in [-0.25, -0.2) is 0 Å². The molecule has 6 heteroatoms. The maximum atomic E-state index is 12.2. The number of rotatable bonds is 5. The molecule has 0 radical (unpaired) electrons. The summed E-state index contributed by atoms with van der Waals surface area (Å²) in [5.74, 6) is 0.0905. The fourth-order valence-electron chi connectivity index (χ4n) is 2.80. The molecule has 1 aromatic heterocycles. The number of hydrogen-bond acceptors (Lipinski definition) is 4. The first-order chi connectivity index (χ1) is 12.0. The number of nitrogens with zero attached hydrogens (tertiary/aromatic N) is 2. The fourth-order valence-corrected chi connectivity index (χ4v) is 2.80. The lowest BCUT2D eigenvalue weighted by atomic mass is 10.0. The van der Waals surface area contributed by atoms with Crippen LogP contribution in [0.4, 0.5) is 5.69 Å². The van der Waals surface area contributed by atoms with Crippen molar-refractivity contribution in [3.63, 3.8) is 0 Å². The largest absolute Gasteiger partial charge is 0.483 e. The van der Waals surface area contributed by atoms with Crippen LogP contribution in [0.2, 0.25) is 0 Å². The van der Waals surface area contributed by atoms with Gasteiger partial charge in [0, 0.05) is 7.05 Å². The zero-order chi connectivity index (χ0) is 18.0. The summed E-state index contributed by atoms with van der Waals surface area (Å²) in [4.78, 5) is 23.7. The van der Waals surface area contributed by atoms with E-state index in [0.717, 1.165) is 28.4 Å². The van der Waals surface area contributed by atoms with E-state index in [1.54, 1.807) is 10.7 Å². The molecule has 1 N–H and O–H groups in total. The second-order valence-corrected chi connectivity index (χ2v) is 5.82.